The van der Waals surface area contributed by atoms with Crippen molar-refractivity contribution in [1.82, 2.24) is 40.4 Å². The predicted octanol–water partition coefficient (Wildman–Crippen LogP) is 8.10. The number of hydrogen-bond donors (Lipinski definition) is 4. The second kappa shape index (κ2) is 16.4. The van der Waals surface area contributed by atoms with Crippen LogP contribution in [0, 0.1) is 0 Å². The van der Waals surface area contributed by atoms with E-state index in [-0.39, 0.29) is 23.9 Å². The highest BCUT2D eigenvalue weighted by atomic mass is 16.5. The third kappa shape index (κ3) is 7.60. The highest BCUT2D eigenvalue weighted by Crippen LogP contribution is 2.37. The number of amides is 4. The Morgan fingerprint density at radius 2 is 1.25 bits per heavy atom. The van der Waals surface area contributed by atoms with Crippen LogP contribution >= 0.6 is 0 Å². The molecule has 0 bridgehead atoms. The Bertz CT molecular complexity index is 2780. The lowest BCUT2D eigenvalue weighted by atomic mass is 9.98. The summed E-state index contributed by atoms with van der Waals surface area (Å²) in [5, 5.41) is 7.37. The summed E-state index contributed by atoms with van der Waals surface area (Å²) in [6.45, 7) is 2.80. The number of fused-ring (bicyclic) bond motifs is 4. The number of imidazole rings is 2. The van der Waals surface area contributed by atoms with E-state index >= 15 is 0 Å². The number of hydrogen-bond acceptors (Lipinski definition) is 8. The van der Waals surface area contributed by atoms with E-state index < -0.39 is 24.3 Å². The van der Waals surface area contributed by atoms with Gasteiger partial charge in [-0.2, -0.15) is 0 Å². The maximum absolute atomic E-state index is 14.0. The molecule has 0 saturated carbocycles. The third-order valence-electron chi connectivity index (χ3n) is 12.0. The monoisotopic (exact) mass is 818 g/mol. The fraction of sp³-hybridized carbons (Fsp3) is 0.277. The highest BCUT2D eigenvalue weighted by Gasteiger charge is 2.38. The molecule has 14 heteroatoms. The Hall–Kier alpha value is -7.22. The summed E-state index contributed by atoms with van der Waals surface area (Å²) >= 11 is 0. The van der Waals surface area contributed by atoms with Gasteiger partial charge in [0, 0.05) is 18.5 Å². The number of nitrogens with zero attached hydrogens (tertiary/aromatic N) is 4. The molecule has 2 saturated heterocycles. The molecular weight excluding hydrogens is 773 g/mol. The van der Waals surface area contributed by atoms with E-state index in [1.165, 1.54) is 14.2 Å². The van der Waals surface area contributed by atoms with Crippen molar-refractivity contribution < 1.29 is 28.7 Å². The first-order valence-electron chi connectivity index (χ1n) is 20.6. The number of rotatable bonds is 9. The number of methoxy groups -OCH3 is 2. The van der Waals surface area contributed by atoms with Crippen LogP contribution in [0.4, 0.5) is 9.59 Å². The normalized spacial score (nSPS) is 17.4. The average molecular weight is 819 g/mol. The quantitative estimate of drug-likeness (QED) is 0.113. The fourth-order valence-corrected chi connectivity index (χ4v) is 8.83. The molecule has 2 fully saturated rings. The Balaban J connectivity index is 0.921. The summed E-state index contributed by atoms with van der Waals surface area (Å²) < 4.78 is 9.53. The summed E-state index contributed by atoms with van der Waals surface area (Å²) in [5.74, 6) is 1.07. The van der Waals surface area contributed by atoms with Gasteiger partial charge in [-0.15, -0.1) is 0 Å². The van der Waals surface area contributed by atoms with E-state index in [1.807, 2.05) is 47.4 Å². The maximum atomic E-state index is 14.0. The zero-order valence-electron chi connectivity index (χ0n) is 34.1. The van der Waals surface area contributed by atoms with Crippen molar-refractivity contribution in [3.8, 4) is 22.3 Å². The summed E-state index contributed by atoms with van der Waals surface area (Å²) in [6.07, 6.45) is 1.89. The molecular formula is C47H46N8O6. The van der Waals surface area contributed by atoms with Crippen molar-refractivity contribution in [2.24, 2.45) is 0 Å². The van der Waals surface area contributed by atoms with Crippen LogP contribution in [0.15, 0.2) is 103 Å². The van der Waals surface area contributed by atoms with E-state index in [0.717, 1.165) is 92.4 Å². The summed E-state index contributed by atoms with van der Waals surface area (Å²) in [5.41, 5.74) is 8.38. The molecule has 9 rings (SSSR count). The molecule has 14 nitrogen and oxygen atoms in total. The van der Waals surface area contributed by atoms with Crippen LogP contribution in [0.25, 0.3) is 55.1 Å². The lowest BCUT2D eigenvalue weighted by Gasteiger charge is -2.28. The molecule has 5 aromatic carbocycles. The van der Waals surface area contributed by atoms with Crippen molar-refractivity contribution in [3.63, 3.8) is 0 Å². The minimum Gasteiger partial charge on any atom is -0.453 e. The summed E-state index contributed by atoms with van der Waals surface area (Å²) in [4.78, 5) is 71.8. The molecule has 4 amide bonds. The van der Waals surface area contributed by atoms with Gasteiger partial charge in [0.25, 0.3) is 5.91 Å². The number of aromatic amines is 2. The zero-order chi connectivity index (χ0) is 42.2. The smallest absolute Gasteiger partial charge is 0.407 e. The van der Waals surface area contributed by atoms with Crippen LogP contribution in [0.1, 0.15) is 67.9 Å². The van der Waals surface area contributed by atoms with Crippen molar-refractivity contribution in [2.45, 2.75) is 56.8 Å². The van der Waals surface area contributed by atoms with Gasteiger partial charge in [0.1, 0.15) is 23.7 Å². The van der Waals surface area contributed by atoms with Gasteiger partial charge in [0.05, 0.1) is 48.4 Å². The Kier molecular flexibility index (Phi) is 10.6. The number of aromatic nitrogens is 4. The lowest BCUT2D eigenvalue weighted by molar-refractivity contribution is -0.135. The largest absolute Gasteiger partial charge is 0.453 e. The number of nitrogens with one attached hydrogen (secondary N) is 4. The number of alkyl carbamates (subject to hydrolysis) is 2. The maximum Gasteiger partial charge on any atom is 0.407 e. The molecule has 310 valence electrons. The van der Waals surface area contributed by atoms with Gasteiger partial charge in [-0.3, -0.25) is 9.59 Å². The molecule has 4 heterocycles. The van der Waals surface area contributed by atoms with E-state index in [2.05, 4.69) is 86.0 Å². The number of H-pyrrole nitrogens is 2. The van der Waals surface area contributed by atoms with Gasteiger partial charge in [0.15, 0.2) is 0 Å². The van der Waals surface area contributed by atoms with Gasteiger partial charge < -0.3 is 39.9 Å². The topological polar surface area (TPSA) is 175 Å². The Morgan fingerprint density at radius 3 is 1.93 bits per heavy atom. The van der Waals surface area contributed by atoms with Crippen molar-refractivity contribution >= 4 is 56.8 Å². The fourth-order valence-electron chi connectivity index (χ4n) is 8.83. The highest BCUT2D eigenvalue weighted by molar-refractivity contribution is 6.05. The van der Waals surface area contributed by atoms with Crippen LogP contribution in [0.2, 0.25) is 0 Å². The minimum absolute atomic E-state index is 0.171. The van der Waals surface area contributed by atoms with Gasteiger partial charge >= 0.3 is 12.2 Å². The summed E-state index contributed by atoms with van der Waals surface area (Å²) in [7, 11) is 2.56. The molecule has 0 aliphatic carbocycles. The number of likely N-dealkylation sites (tertiary alicyclic amines) is 2. The van der Waals surface area contributed by atoms with Crippen LogP contribution in [-0.4, -0.2) is 87.1 Å². The SMILES string of the molecule is COC(=O)N[C@H](C)C(=O)N1CCC[C@H]1c1nc2ccc(-c3ccc(-c4ccc5c(ccc6[nH]c([C@@H]7CCCN7C(=O)[C@H](NC(=O)OC)c7ccccc7)nc65)c4)cc3)cc2[nH]1. The number of ether oxygens (including phenoxy) is 2. The van der Waals surface area contributed by atoms with E-state index in [9.17, 15) is 19.2 Å². The molecule has 61 heavy (non-hydrogen) atoms. The Morgan fingerprint density at radius 1 is 0.656 bits per heavy atom. The number of carbonyl (C=O) groups excluding carboxylic acids is 4. The molecule has 2 aliphatic heterocycles. The van der Waals surface area contributed by atoms with Gasteiger partial charge in [-0.1, -0.05) is 78.9 Å². The van der Waals surface area contributed by atoms with E-state index in [1.54, 1.807) is 11.8 Å². The van der Waals surface area contributed by atoms with Crippen molar-refractivity contribution in [2.75, 3.05) is 27.3 Å². The van der Waals surface area contributed by atoms with Crippen LogP contribution in [0.5, 0.6) is 0 Å². The van der Waals surface area contributed by atoms with Crippen LogP contribution in [-0.2, 0) is 19.1 Å². The standard InChI is InChI=1S/C47H46N8O6/c1-27(48-46(58)60-2)44(56)54-23-7-11-38(54)42-49-35-21-18-32(26-37(35)51-42)29-15-13-28(14-16-29)31-17-20-34-33(25-31)19-22-36-41(34)52-43(50-36)39-12-8-24-55(39)45(57)40(53-47(59)61-3)30-9-5-4-6-10-30/h4-6,9-10,13-22,25-27,38-40H,7-8,11-12,23-24H2,1-3H3,(H,48,58)(H,49,51)(H,50,52)(H,53,59)/t27-,38+,39+,40-/m1/s1. The first-order valence-corrected chi connectivity index (χ1v) is 20.6. The molecule has 0 unspecified atom stereocenters. The first-order chi connectivity index (χ1) is 29.7. The molecule has 2 aliphatic rings. The van der Waals surface area contributed by atoms with Gasteiger partial charge in [-0.25, -0.2) is 19.6 Å². The lowest BCUT2D eigenvalue weighted by Crippen LogP contribution is -2.46. The average Bonchev–Trinajstić information content (AvgIpc) is 4.13. The van der Waals surface area contributed by atoms with Crippen LogP contribution in [0.3, 0.4) is 0 Å². The second-order valence-corrected chi connectivity index (χ2v) is 15.7. The molecule has 2 aromatic heterocycles. The number of carbonyl (C=O) groups is 4. The first kappa shape index (κ1) is 39.3. The molecule has 7 aromatic rings. The number of benzene rings is 5. The molecule has 0 radical (unpaired) electrons. The molecule has 0 spiro atoms. The van der Waals surface area contributed by atoms with Gasteiger partial charge in [-0.05, 0) is 90.1 Å². The third-order valence-corrected chi connectivity index (χ3v) is 12.0. The minimum atomic E-state index is -0.886. The molecule has 4 N–H and O–H groups in total. The van der Waals surface area contributed by atoms with E-state index in [4.69, 9.17) is 14.7 Å². The van der Waals surface area contributed by atoms with Crippen molar-refractivity contribution in [1.29, 1.82) is 0 Å². The Labute approximate surface area is 351 Å². The van der Waals surface area contributed by atoms with Crippen LogP contribution < -0.4 is 10.6 Å². The van der Waals surface area contributed by atoms with E-state index in [0.29, 0.717) is 18.7 Å². The molecule has 4 atom stereocenters. The predicted molar refractivity (Wildman–Crippen MR) is 231 cm³/mol. The van der Waals surface area contributed by atoms with Gasteiger partial charge in [0.2, 0.25) is 5.91 Å². The zero-order valence-corrected chi connectivity index (χ0v) is 34.1. The van der Waals surface area contributed by atoms with Crippen molar-refractivity contribution in [3.05, 3.63) is 120 Å². The summed E-state index contributed by atoms with van der Waals surface area (Å²) in [6, 6.07) is 32.3. The second-order valence-electron chi connectivity index (χ2n) is 15.7.